The summed E-state index contributed by atoms with van der Waals surface area (Å²) in [5.41, 5.74) is 4.23. The number of aliphatic hydroxyl groups is 1. The fourth-order valence-corrected chi connectivity index (χ4v) is 4.09. The summed E-state index contributed by atoms with van der Waals surface area (Å²) in [6.07, 6.45) is 1.68. The van der Waals surface area contributed by atoms with Crippen LogP contribution in [0.3, 0.4) is 0 Å². The van der Waals surface area contributed by atoms with Gasteiger partial charge in [0.25, 0.3) is 0 Å². The Bertz CT molecular complexity index is 964. The van der Waals surface area contributed by atoms with Crippen molar-refractivity contribution in [2.45, 2.75) is 64.4 Å². The highest BCUT2D eigenvalue weighted by atomic mass is 16.5. The van der Waals surface area contributed by atoms with Crippen LogP contribution in [0.4, 0.5) is 0 Å². The van der Waals surface area contributed by atoms with Gasteiger partial charge in [-0.15, -0.1) is 0 Å². The Hall–Kier alpha value is -2.91. The Balaban J connectivity index is 1.75. The lowest BCUT2D eigenvalue weighted by Gasteiger charge is -2.23. The minimum absolute atomic E-state index is 0.0725. The van der Waals surface area contributed by atoms with E-state index in [4.69, 9.17) is 4.74 Å². The quantitative estimate of drug-likeness (QED) is 0.311. The van der Waals surface area contributed by atoms with Gasteiger partial charge in [0.05, 0.1) is 6.10 Å². The van der Waals surface area contributed by atoms with Crippen molar-refractivity contribution in [1.82, 2.24) is 0 Å². The largest absolute Gasteiger partial charge is 0.426 e. The Morgan fingerprint density at radius 2 is 1.44 bits per heavy atom. The van der Waals surface area contributed by atoms with Crippen molar-refractivity contribution in [3.8, 4) is 5.75 Å². The molecule has 0 fully saturated rings. The molecule has 0 heterocycles. The maximum absolute atomic E-state index is 11.7. The second kappa shape index (κ2) is 10.6. The van der Waals surface area contributed by atoms with Crippen LogP contribution in [0.25, 0.3) is 0 Å². The molecule has 3 aromatic rings. The Morgan fingerprint density at radius 3 is 1.94 bits per heavy atom. The molecule has 3 rings (SSSR count). The van der Waals surface area contributed by atoms with E-state index in [0.717, 1.165) is 18.4 Å². The van der Waals surface area contributed by atoms with Gasteiger partial charge < -0.3 is 9.84 Å². The molecule has 0 radical (unpaired) electrons. The molecule has 3 nitrogen and oxygen atoms in total. The first-order valence-corrected chi connectivity index (χ1v) is 11.4. The molecule has 1 atom stereocenters. The molecule has 0 aliphatic carbocycles. The predicted molar refractivity (Wildman–Crippen MR) is 130 cm³/mol. The lowest BCUT2D eigenvalue weighted by Crippen LogP contribution is -2.14. The molecule has 0 saturated carbocycles. The smallest absolute Gasteiger partial charge is 0.308 e. The fraction of sp³-hybridized carbons (Fsp3) is 0.345. The molecule has 168 valence electrons. The second-order valence-electron chi connectivity index (χ2n) is 9.42. The Labute approximate surface area is 192 Å². The molecule has 0 aromatic heterocycles. The SMILES string of the molecule is CC(=O)Oc1cc(C(C)(C)C)ccc1C(O)CCCC(c1ccccc1)c1ccccc1. The van der Waals surface area contributed by atoms with E-state index in [0.29, 0.717) is 17.7 Å². The van der Waals surface area contributed by atoms with Crippen molar-refractivity contribution in [2.24, 2.45) is 0 Å². The molecule has 3 aromatic carbocycles. The van der Waals surface area contributed by atoms with Crippen LogP contribution in [0, 0.1) is 0 Å². The maximum atomic E-state index is 11.7. The van der Waals surface area contributed by atoms with E-state index >= 15 is 0 Å². The van der Waals surface area contributed by atoms with Gasteiger partial charge in [0.2, 0.25) is 0 Å². The van der Waals surface area contributed by atoms with E-state index < -0.39 is 6.10 Å². The Morgan fingerprint density at radius 1 is 0.875 bits per heavy atom. The maximum Gasteiger partial charge on any atom is 0.308 e. The minimum Gasteiger partial charge on any atom is -0.426 e. The van der Waals surface area contributed by atoms with Gasteiger partial charge in [-0.2, -0.15) is 0 Å². The summed E-state index contributed by atoms with van der Waals surface area (Å²) in [4.78, 5) is 11.7. The molecule has 0 aliphatic heterocycles. The van der Waals surface area contributed by atoms with E-state index in [-0.39, 0.29) is 17.3 Å². The van der Waals surface area contributed by atoms with Crippen molar-refractivity contribution in [2.75, 3.05) is 0 Å². The molecule has 32 heavy (non-hydrogen) atoms. The summed E-state index contributed by atoms with van der Waals surface area (Å²) in [5, 5.41) is 11.0. The molecule has 1 unspecified atom stereocenters. The van der Waals surface area contributed by atoms with Gasteiger partial charge >= 0.3 is 5.97 Å². The third-order valence-corrected chi connectivity index (χ3v) is 5.87. The number of ether oxygens (including phenoxy) is 1. The van der Waals surface area contributed by atoms with Gasteiger partial charge in [0.15, 0.2) is 0 Å². The van der Waals surface area contributed by atoms with Crippen molar-refractivity contribution in [3.63, 3.8) is 0 Å². The first kappa shape index (κ1) is 23.7. The van der Waals surface area contributed by atoms with Crippen LogP contribution in [0.5, 0.6) is 5.75 Å². The van der Waals surface area contributed by atoms with Crippen molar-refractivity contribution in [3.05, 3.63) is 101 Å². The molecule has 1 N–H and O–H groups in total. The molecule has 0 amide bonds. The average molecular weight is 431 g/mol. The van der Waals surface area contributed by atoms with E-state index in [1.807, 2.05) is 30.3 Å². The normalized spacial score (nSPS) is 12.6. The predicted octanol–water partition coefficient (Wildman–Crippen LogP) is 6.95. The zero-order valence-electron chi connectivity index (χ0n) is 19.5. The summed E-state index contributed by atoms with van der Waals surface area (Å²) >= 11 is 0. The number of hydrogen-bond donors (Lipinski definition) is 1. The average Bonchev–Trinajstić information content (AvgIpc) is 2.76. The molecular formula is C29H34O3. The van der Waals surface area contributed by atoms with Gasteiger partial charge in [-0.1, -0.05) is 93.6 Å². The van der Waals surface area contributed by atoms with E-state index in [1.54, 1.807) is 0 Å². The highest BCUT2D eigenvalue weighted by molar-refractivity contribution is 5.70. The van der Waals surface area contributed by atoms with Gasteiger partial charge in [0, 0.05) is 18.4 Å². The zero-order chi connectivity index (χ0) is 23.1. The number of benzene rings is 3. The Kier molecular flexibility index (Phi) is 7.87. The first-order chi connectivity index (χ1) is 15.3. The van der Waals surface area contributed by atoms with Crippen LogP contribution in [-0.2, 0) is 10.2 Å². The minimum atomic E-state index is -0.689. The van der Waals surface area contributed by atoms with Crippen LogP contribution >= 0.6 is 0 Å². The van der Waals surface area contributed by atoms with E-state index in [9.17, 15) is 9.90 Å². The van der Waals surface area contributed by atoms with Gasteiger partial charge in [-0.3, -0.25) is 4.79 Å². The number of carbonyl (C=O) groups excluding carboxylic acids is 1. The molecule has 0 spiro atoms. The molecule has 3 heteroatoms. The lowest BCUT2D eigenvalue weighted by atomic mass is 9.85. The lowest BCUT2D eigenvalue weighted by molar-refractivity contribution is -0.132. The summed E-state index contributed by atoms with van der Waals surface area (Å²) in [6, 6.07) is 26.8. The highest BCUT2D eigenvalue weighted by Crippen LogP contribution is 2.35. The topological polar surface area (TPSA) is 46.5 Å². The summed E-state index contributed by atoms with van der Waals surface area (Å²) < 4.78 is 5.47. The zero-order valence-corrected chi connectivity index (χ0v) is 19.5. The molecular weight excluding hydrogens is 396 g/mol. The number of aliphatic hydroxyl groups excluding tert-OH is 1. The molecule has 0 saturated heterocycles. The van der Waals surface area contributed by atoms with Crippen molar-refractivity contribution in [1.29, 1.82) is 0 Å². The van der Waals surface area contributed by atoms with Gasteiger partial charge in [0.1, 0.15) is 5.75 Å². The van der Waals surface area contributed by atoms with Crippen LogP contribution < -0.4 is 4.74 Å². The number of hydrogen-bond acceptors (Lipinski definition) is 3. The molecule has 0 aliphatic rings. The monoisotopic (exact) mass is 430 g/mol. The summed E-state index contributed by atoms with van der Waals surface area (Å²) in [6.45, 7) is 7.74. The van der Waals surface area contributed by atoms with E-state index in [2.05, 4.69) is 69.3 Å². The standard InChI is InChI=1S/C29H34O3/c1-21(30)32-28-20-24(29(2,3)4)18-19-26(28)27(31)17-11-16-25(22-12-7-5-8-13-22)23-14-9-6-10-15-23/h5-10,12-15,18-20,25,27,31H,11,16-17H2,1-4H3. The van der Waals surface area contributed by atoms with Crippen molar-refractivity contribution >= 4 is 5.97 Å². The third-order valence-electron chi connectivity index (χ3n) is 5.87. The van der Waals surface area contributed by atoms with Gasteiger partial charge in [-0.05, 0) is 47.4 Å². The van der Waals surface area contributed by atoms with Crippen molar-refractivity contribution < 1.29 is 14.6 Å². The van der Waals surface area contributed by atoms with Gasteiger partial charge in [-0.25, -0.2) is 0 Å². The number of carbonyl (C=O) groups is 1. The van der Waals surface area contributed by atoms with E-state index in [1.165, 1.54) is 18.1 Å². The number of esters is 1. The third kappa shape index (κ3) is 6.30. The van der Waals surface area contributed by atoms with Crippen LogP contribution in [0.2, 0.25) is 0 Å². The first-order valence-electron chi connectivity index (χ1n) is 11.4. The fourth-order valence-electron chi connectivity index (χ4n) is 4.09. The summed E-state index contributed by atoms with van der Waals surface area (Å²) in [7, 11) is 0. The second-order valence-corrected chi connectivity index (χ2v) is 9.42. The van der Waals surface area contributed by atoms with Crippen LogP contribution in [0.15, 0.2) is 78.9 Å². The van der Waals surface area contributed by atoms with Crippen LogP contribution in [0.1, 0.15) is 81.2 Å². The number of rotatable bonds is 8. The van der Waals surface area contributed by atoms with Crippen LogP contribution in [-0.4, -0.2) is 11.1 Å². The summed E-state index contributed by atoms with van der Waals surface area (Å²) in [5.74, 6) is 0.360. The highest BCUT2D eigenvalue weighted by Gasteiger charge is 2.21. The molecule has 0 bridgehead atoms.